The van der Waals surface area contributed by atoms with Crippen LogP contribution in [-0.4, -0.2) is 49.9 Å². The van der Waals surface area contributed by atoms with Gasteiger partial charge in [-0.2, -0.15) is 13.2 Å². The third-order valence-electron chi connectivity index (χ3n) is 3.54. The highest BCUT2D eigenvalue weighted by Gasteiger charge is 2.38. The molecule has 0 radical (unpaired) electrons. The molecule has 1 rings (SSSR count). The van der Waals surface area contributed by atoms with E-state index in [1.807, 2.05) is 30.3 Å². The van der Waals surface area contributed by atoms with Gasteiger partial charge in [0.05, 0.1) is 6.61 Å². The van der Waals surface area contributed by atoms with Gasteiger partial charge in [-0.3, -0.25) is 9.59 Å². The minimum atomic E-state index is -5.08. The summed E-state index contributed by atoms with van der Waals surface area (Å²) < 4.78 is 42.0. The molecule has 0 saturated carbocycles. The normalized spacial score (nSPS) is 12.2. The number of ether oxygens (including phenoxy) is 2. The topological polar surface area (TPSA) is 116 Å². The zero-order valence-corrected chi connectivity index (χ0v) is 18.2. The van der Waals surface area contributed by atoms with E-state index in [2.05, 4.69) is 19.6 Å². The van der Waals surface area contributed by atoms with Crippen molar-refractivity contribution in [3.63, 3.8) is 0 Å². The number of rotatable bonds is 9. The van der Waals surface area contributed by atoms with E-state index < -0.39 is 32.2 Å². The molecule has 170 valence electrons. The molecular formula is C19H28F3NO6Si. The fourth-order valence-corrected chi connectivity index (χ4v) is 2.48. The van der Waals surface area contributed by atoms with Gasteiger partial charge in [0.15, 0.2) is 0 Å². The summed E-state index contributed by atoms with van der Waals surface area (Å²) in [6.07, 6.45) is -4.74. The molecule has 0 heterocycles. The molecule has 11 heteroatoms. The summed E-state index contributed by atoms with van der Waals surface area (Å²) in [4.78, 5) is 32.3. The maximum Gasteiger partial charge on any atom is 0.490 e. The minimum Gasteiger partial charge on any atom is -0.475 e. The van der Waals surface area contributed by atoms with E-state index in [1.165, 1.54) is 0 Å². The number of aliphatic carboxylic acids is 1. The van der Waals surface area contributed by atoms with Gasteiger partial charge in [0.2, 0.25) is 0 Å². The van der Waals surface area contributed by atoms with Crippen LogP contribution in [0.25, 0.3) is 0 Å². The number of benzene rings is 1. The lowest BCUT2D eigenvalue weighted by Crippen LogP contribution is -2.34. The van der Waals surface area contributed by atoms with E-state index >= 15 is 0 Å². The molecule has 0 saturated heterocycles. The SMILES string of the molecule is C[Si](C)(C)CCOC(=O)[C@@H](N)CCC(=O)OCc1ccccc1.O=C(O)C(F)(F)F. The smallest absolute Gasteiger partial charge is 0.475 e. The largest absolute Gasteiger partial charge is 0.490 e. The average Bonchev–Trinajstić information content (AvgIpc) is 2.63. The van der Waals surface area contributed by atoms with E-state index in [0.717, 1.165) is 11.6 Å². The summed E-state index contributed by atoms with van der Waals surface area (Å²) in [5, 5.41) is 7.12. The Labute approximate surface area is 174 Å². The second-order valence-electron chi connectivity index (χ2n) is 7.57. The van der Waals surface area contributed by atoms with Gasteiger partial charge in [0, 0.05) is 14.5 Å². The number of carbonyl (C=O) groups is 3. The molecule has 0 aliphatic rings. The lowest BCUT2D eigenvalue weighted by atomic mass is 10.2. The number of nitrogens with two attached hydrogens (primary N) is 1. The predicted molar refractivity (Wildman–Crippen MR) is 106 cm³/mol. The molecule has 0 unspecified atom stereocenters. The molecule has 0 spiro atoms. The van der Waals surface area contributed by atoms with E-state index in [1.54, 1.807) is 0 Å². The summed E-state index contributed by atoms with van der Waals surface area (Å²) >= 11 is 0. The molecule has 0 aliphatic heterocycles. The zero-order valence-electron chi connectivity index (χ0n) is 17.2. The lowest BCUT2D eigenvalue weighted by molar-refractivity contribution is -0.192. The Balaban J connectivity index is 0.00000103. The van der Waals surface area contributed by atoms with Crippen LogP contribution in [0.4, 0.5) is 13.2 Å². The van der Waals surface area contributed by atoms with Crippen LogP contribution >= 0.6 is 0 Å². The van der Waals surface area contributed by atoms with Crippen LogP contribution in [0, 0.1) is 0 Å². The van der Waals surface area contributed by atoms with Crippen molar-refractivity contribution in [3.05, 3.63) is 35.9 Å². The van der Waals surface area contributed by atoms with Crippen molar-refractivity contribution in [1.29, 1.82) is 0 Å². The third kappa shape index (κ3) is 14.6. The second kappa shape index (κ2) is 13.0. The number of esters is 2. The molecule has 0 aromatic heterocycles. The first kappa shape index (κ1) is 27.6. The molecule has 30 heavy (non-hydrogen) atoms. The molecule has 1 aromatic rings. The molecule has 0 bridgehead atoms. The average molecular weight is 452 g/mol. The first-order chi connectivity index (χ1) is 13.7. The van der Waals surface area contributed by atoms with Crippen molar-refractivity contribution in [2.75, 3.05) is 6.61 Å². The Kier molecular flexibility index (Phi) is 12.0. The summed E-state index contributed by atoms with van der Waals surface area (Å²) in [5.74, 6) is -3.56. The quantitative estimate of drug-likeness (QED) is 0.437. The van der Waals surface area contributed by atoms with Crippen molar-refractivity contribution in [1.82, 2.24) is 0 Å². The molecule has 0 fully saturated rings. The summed E-state index contributed by atoms with van der Waals surface area (Å²) in [6, 6.07) is 9.57. The Morgan fingerprint density at radius 1 is 1.10 bits per heavy atom. The van der Waals surface area contributed by atoms with Crippen molar-refractivity contribution in [3.8, 4) is 0 Å². The Morgan fingerprint density at radius 3 is 2.10 bits per heavy atom. The Bertz CT molecular complexity index is 677. The van der Waals surface area contributed by atoms with Gasteiger partial charge in [-0.25, -0.2) is 4.79 Å². The number of hydrogen-bond donors (Lipinski definition) is 2. The number of hydrogen-bond acceptors (Lipinski definition) is 6. The number of carboxylic acids is 1. The van der Waals surface area contributed by atoms with Crippen LogP contribution in [0.15, 0.2) is 30.3 Å². The monoisotopic (exact) mass is 451 g/mol. The van der Waals surface area contributed by atoms with Crippen LogP contribution in [0.1, 0.15) is 18.4 Å². The molecule has 1 atom stereocenters. The van der Waals surface area contributed by atoms with E-state index in [0.29, 0.717) is 6.61 Å². The van der Waals surface area contributed by atoms with Crippen LogP contribution in [-0.2, 0) is 30.5 Å². The van der Waals surface area contributed by atoms with Crippen LogP contribution in [0.5, 0.6) is 0 Å². The van der Waals surface area contributed by atoms with E-state index in [4.69, 9.17) is 25.1 Å². The van der Waals surface area contributed by atoms with Gasteiger partial charge < -0.3 is 20.3 Å². The first-order valence-electron chi connectivity index (χ1n) is 9.14. The Morgan fingerprint density at radius 2 is 1.63 bits per heavy atom. The number of carboxylic acid groups (broad SMARTS) is 1. The van der Waals surface area contributed by atoms with Gasteiger partial charge >= 0.3 is 24.1 Å². The summed E-state index contributed by atoms with van der Waals surface area (Å²) in [6.45, 7) is 7.27. The minimum absolute atomic E-state index is 0.108. The molecule has 0 aliphatic carbocycles. The first-order valence-corrected chi connectivity index (χ1v) is 12.8. The highest BCUT2D eigenvalue weighted by atomic mass is 28.3. The third-order valence-corrected chi connectivity index (χ3v) is 5.25. The molecule has 1 aromatic carbocycles. The van der Waals surface area contributed by atoms with Gasteiger partial charge in [0.25, 0.3) is 0 Å². The Hall–Kier alpha value is -2.40. The van der Waals surface area contributed by atoms with E-state index in [9.17, 15) is 22.8 Å². The van der Waals surface area contributed by atoms with Crippen molar-refractivity contribution < 1.29 is 42.1 Å². The molecule has 0 amide bonds. The molecular weight excluding hydrogens is 423 g/mol. The summed E-state index contributed by atoms with van der Waals surface area (Å²) in [5.41, 5.74) is 6.68. The molecule has 3 N–H and O–H groups in total. The van der Waals surface area contributed by atoms with Gasteiger partial charge in [-0.1, -0.05) is 50.0 Å². The highest BCUT2D eigenvalue weighted by Crippen LogP contribution is 2.13. The predicted octanol–water partition coefficient (Wildman–Crippen LogP) is 3.35. The fourth-order valence-electron chi connectivity index (χ4n) is 1.77. The fraction of sp³-hybridized carbons (Fsp3) is 0.526. The van der Waals surface area contributed by atoms with Crippen molar-refractivity contribution in [2.45, 2.75) is 57.4 Å². The molecule has 7 nitrogen and oxygen atoms in total. The maximum atomic E-state index is 11.7. The van der Waals surface area contributed by atoms with Gasteiger partial charge in [0.1, 0.15) is 12.6 Å². The van der Waals surface area contributed by atoms with Gasteiger partial charge in [-0.05, 0) is 18.0 Å². The van der Waals surface area contributed by atoms with E-state index in [-0.39, 0.29) is 25.4 Å². The number of halogens is 3. The van der Waals surface area contributed by atoms with Crippen molar-refractivity contribution >= 4 is 26.0 Å². The van der Waals surface area contributed by atoms with Crippen LogP contribution in [0.3, 0.4) is 0 Å². The maximum absolute atomic E-state index is 11.7. The standard InChI is InChI=1S/C17H27NO4Si.C2HF3O2/c1-23(2,3)12-11-21-17(20)15(18)9-10-16(19)22-13-14-7-5-4-6-8-14;3-2(4,5)1(6)7/h4-8,15H,9-13,18H2,1-3H3;(H,6,7)/t15-;/m0./s1. The van der Waals surface area contributed by atoms with Crippen molar-refractivity contribution in [2.24, 2.45) is 5.73 Å². The van der Waals surface area contributed by atoms with Crippen LogP contribution < -0.4 is 5.73 Å². The van der Waals surface area contributed by atoms with Crippen LogP contribution in [0.2, 0.25) is 25.7 Å². The second-order valence-corrected chi connectivity index (χ2v) is 13.2. The summed E-state index contributed by atoms with van der Waals surface area (Å²) in [7, 11) is -1.23. The number of alkyl halides is 3. The zero-order chi connectivity index (χ0) is 23.4. The number of carbonyl (C=O) groups excluding carboxylic acids is 2. The lowest BCUT2D eigenvalue weighted by Gasteiger charge is -2.16. The highest BCUT2D eigenvalue weighted by molar-refractivity contribution is 6.76. The van der Waals surface area contributed by atoms with Gasteiger partial charge in [-0.15, -0.1) is 0 Å².